The Bertz CT molecular complexity index is 1620. The van der Waals surface area contributed by atoms with Gasteiger partial charge in [0.2, 0.25) is 0 Å². The Hall–Kier alpha value is -1.94. The highest BCUT2D eigenvalue weighted by atomic mass is 31.2. The molecule has 0 aliphatic carbocycles. The van der Waals surface area contributed by atoms with Gasteiger partial charge in [-0.1, -0.05) is 285 Å². The fraction of sp³-hybridized carbons (Fsp3) is 0.938. The Labute approximate surface area is 511 Å². The normalized spacial score (nSPS) is 14.1. The molecule has 0 aliphatic heterocycles. The molecule has 3 N–H and O–H groups in total. The van der Waals surface area contributed by atoms with Gasteiger partial charge in [0.15, 0.2) is 12.2 Å². The number of rotatable bonds is 66. The number of phosphoric acid groups is 2. The van der Waals surface area contributed by atoms with Crippen molar-refractivity contribution in [2.75, 3.05) is 39.6 Å². The second-order valence-corrected chi connectivity index (χ2v) is 26.4. The van der Waals surface area contributed by atoms with Crippen molar-refractivity contribution in [2.45, 2.75) is 354 Å². The minimum absolute atomic E-state index is 0.104. The molecule has 0 saturated heterocycles. The lowest BCUT2D eigenvalue weighted by Crippen LogP contribution is -2.30. The van der Waals surface area contributed by atoms with Gasteiger partial charge in [-0.3, -0.25) is 37.3 Å². The first-order valence-corrected chi connectivity index (χ1v) is 37.3. The first-order valence-electron chi connectivity index (χ1n) is 34.3. The van der Waals surface area contributed by atoms with Gasteiger partial charge in [-0.15, -0.1) is 0 Å². The van der Waals surface area contributed by atoms with Gasteiger partial charge in [-0.25, -0.2) is 9.13 Å². The Morgan fingerprint density at radius 1 is 0.286 bits per heavy atom. The largest absolute Gasteiger partial charge is 0.472 e. The maximum absolute atomic E-state index is 13.0. The molecule has 0 heterocycles. The Kier molecular flexibility index (Phi) is 58.6. The van der Waals surface area contributed by atoms with Crippen molar-refractivity contribution in [2.24, 2.45) is 0 Å². The maximum Gasteiger partial charge on any atom is 0.472 e. The summed E-state index contributed by atoms with van der Waals surface area (Å²) < 4.78 is 67.7. The van der Waals surface area contributed by atoms with E-state index in [9.17, 15) is 43.2 Å². The molecule has 0 spiro atoms. The van der Waals surface area contributed by atoms with E-state index in [4.69, 9.17) is 37.0 Å². The predicted molar refractivity (Wildman–Crippen MR) is 335 cm³/mol. The zero-order valence-corrected chi connectivity index (χ0v) is 55.7. The molecule has 0 bridgehead atoms. The van der Waals surface area contributed by atoms with Crippen LogP contribution in [0.2, 0.25) is 0 Å². The molecule has 2 unspecified atom stereocenters. The molecule has 0 saturated carbocycles. The molecule has 0 radical (unpaired) electrons. The van der Waals surface area contributed by atoms with Crippen LogP contribution in [0, 0.1) is 0 Å². The summed E-state index contributed by atoms with van der Waals surface area (Å²) in [5, 5.41) is 10.5. The summed E-state index contributed by atoms with van der Waals surface area (Å²) >= 11 is 0. The zero-order chi connectivity index (χ0) is 61.9. The summed E-state index contributed by atoms with van der Waals surface area (Å²) in [4.78, 5) is 71.8. The quantitative estimate of drug-likeness (QED) is 0.0222. The van der Waals surface area contributed by atoms with Gasteiger partial charge in [0.25, 0.3) is 0 Å². The van der Waals surface area contributed by atoms with E-state index < -0.39 is 97.5 Å². The molecule has 84 heavy (non-hydrogen) atoms. The number of aliphatic hydroxyl groups excluding tert-OH is 1. The third-order valence-corrected chi connectivity index (χ3v) is 17.0. The number of carbonyl (C=O) groups is 4. The van der Waals surface area contributed by atoms with Crippen LogP contribution in [0.4, 0.5) is 0 Å². The fourth-order valence-electron chi connectivity index (χ4n) is 9.81. The molecule has 0 fully saturated rings. The van der Waals surface area contributed by atoms with Gasteiger partial charge in [-0.2, -0.15) is 0 Å². The fourth-order valence-corrected chi connectivity index (χ4v) is 11.4. The predicted octanol–water partition coefficient (Wildman–Crippen LogP) is 18.3. The number of carbonyl (C=O) groups excluding carboxylic acids is 4. The summed E-state index contributed by atoms with van der Waals surface area (Å²) in [6.45, 7) is 4.77. The molecule has 0 aromatic heterocycles. The summed E-state index contributed by atoms with van der Waals surface area (Å²) in [7, 11) is -9.87. The number of esters is 4. The maximum atomic E-state index is 13.0. The van der Waals surface area contributed by atoms with Crippen LogP contribution < -0.4 is 0 Å². The van der Waals surface area contributed by atoms with E-state index in [1.54, 1.807) is 0 Å². The standard InChI is InChI=1S/C65H126O17P2/c1-5-9-13-17-20-23-25-26-27-28-29-30-31-32-33-34-35-37-40-44-48-52-65(70)82-61(56-76-63(68)50-46-42-39-36-24-21-18-14-10-6-2)58-80-84(73,74)78-54-59(66)53-77-83(71,72)79-57-60(55-75-62(67)49-45-41-16-12-8-4)81-64(69)51-47-43-38-22-19-15-11-7-3/h59-61,66H,5-58H2,1-4H3,(H,71,72)(H,73,74)/t59-,60+,61+/m0/s1. The van der Waals surface area contributed by atoms with Crippen molar-refractivity contribution in [1.82, 2.24) is 0 Å². The summed E-state index contributed by atoms with van der Waals surface area (Å²) in [5.41, 5.74) is 0. The number of ether oxygens (including phenoxy) is 4. The van der Waals surface area contributed by atoms with E-state index in [0.29, 0.717) is 25.7 Å². The summed E-state index contributed by atoms with van der Waals surface area (Å²) in [6, 6.07) is 0. The first-order chi connectivity index (χ1) is 40.7. The lowest BCUT2D eigenvalue weighted by Gasteiger charge is -2.21. The van der Waals surface area contributed by atoms with Crippen molar-refractivity contribution in [3.05, 3.63) is 0 Å². The summed E-state index contributed by atoms with van der Waals surface area (Å²) in [5.74, 6) is -2.15. The van der Waals surface area contributed by atoms with Crippen LogP contribution in [-0.2, 0) is 65.4 Å². The van der Waals surface area contributed by atoms with Gasteiger partial charge < -0.3 is 33.8 Å². The van der Waals surface area contributed by atoms with Crippen LogP contribution in [0.1, 0.15) is 336 Å². The minimum Gasteiger partial charge on any atom is -0.462 e. The second kappa shape index (κ2) is 60.0. The highest BCUT2D eigenvalue weighted by Crippen LogP contribution is 2.45. The minimum atomic E-state index is -4.94. The molecular weight excluding hydrogens is 1110 g/mol. The number of hydrogen-bond acceptors (Lipinski definition) is 15. The molecule has 17 nitrogen and oxygen atoms in total. The van der Waals surface area contributed by atoms with Crippen molar-refractivity contribution in [3.63, 3.8) is 0 Å². The van der Waals surface area contributed by atoms with E-state index in [-0.39, 0.29) is 25.7 Å². The first kappa shape index (κ1) is 82.1. The van der Waals surface area contributed by atoms with E-state index in [1.165, 1.54) is 154 Å². The second-order valence-electron chi connectivity index (χ2n) is 23.5. The molecule has 0 aliphatic rings. The topological polar surface area (TPSA) is 237 Å². The van der Waals surface area contributed by atoms with Gasteiger partial charge in [0, 0.05) is 25.7 Å². The van der Waals surface area contributed by atoms with Gasteiger partial charge in [0.05, 0.1) is 26.4 Å². The molecule has 5 atom stereocenters. The van der Waals surface area contributed by atoms with Crippen LogP contribution in [0.25, 0.3) is 0 Å². The monoisotopic (exact) mass is 1240 g/mol. The molecule has 0 rings (SSSR count). The average Bonchev–Trinajstić information content (AvgIpc) is 3.62. The van der Waals surface area contributed by atoms with Crippen molar-refractivity contribution >= 4 is 39.5 Å². The van der Waals surface area contributed by atoms with E-state index >= 15 is 0 Å². The van der Waals surface area contributed by atoms with Gasteiger partial charge >= 0.3 is 39.5 Å². The van der Waals surface area contributed by atoms with Gasteiger partial charge in [0.1, 0.15) is 19.3 Å². The highest BCUT2D eigenvalue weighted by molar-refractivity contribution is 7.47. The SMILES string of the molecule is CCCCCCCCCCCCCCCCCCCCCCCC(=O)O[C@H](COC(=O)CCCCCCCCCCCC)COP(=O)(O)OC[C@@H](O)COP(=O)(O)OC[C@@H](COC(=O)CCCCCCC)OC(=O)CCCCCCCCCC. The lowest BCUT2D eigenvalue weighted by atomic mass is 10.0. The molecule has 19 heteroatoms. The van der Waals surface area contributed by atoms with Crippen LogP contribution in [-0.4, -0.2) is 96.7 Å². The third-order valence-electron chi connectivity index (χ3n) is 15.1. The van der Waals surface area contributed by atoms with Crippen molar-refractivity contribution < 1.29 is 80.2 Å². The van der Waals surface area contributed by atoms with Crippen LogP contribution in [0.3, 0.4) is 0 Å². The Balaban J connectivity index is 5.05. The Morgan fingerprint density at radius 2 is 0.476 bits per heavy atom. The third kappa shape index (κ3) is 59.0. The lowest BCUT2D eigenvalue weighted by molar-refractivity contribution is -0.161. The molecule has 498 valence electrons. The highest BCUT2D eigenvalue weighted by Gasteiger charge is 2.30. The van der Waals surface area contributed by atoms with Crippen LogP contribution >= 0.6 is 15.6 Å². The van der Waals surface area contributed by atoms with Crippen molar-refractivity contribution in [3.8, 4) is 0 Å². The average molecular weight is 1240 g/mol. The van der Waals surface area contributed by atoms with E-state index in [0.717, 1.165) is 103 Å². The molecule has 0 aromatic carbocycles. The van der Waals surface area contributed by atoms with Gasteiger partial charge in [-0.05, 0) is 25.7 Å². The molecule has 0 aromatic rings. The number of hydrogen-bond donors (Lipinski definition) is 3. The molecule has 0 amide bonds. The van der Waals surface area contributed by atoms with Crippen molar-refractivity contribution in [1.29, 1.82) is 0 Å². The number of aliphatic hydroxyl groups is 1. The number of phosphoric ester groups is 2. The summed E-state index contributed by atoms with van der Waals surface area (Å²) in [6.07, 6.45) is 46.5. The van der Waals surface area contributed by atoms with E-state index in [1.807, 2.05) is 0 Å². The van der Waals surface area contributed by atoms with E-state index in [2.05, 4.69) is 27.7 Å². The van der Waals surface area contributed by atoms with Crippen LogP contribution in [0.15, 0.2) is 0 Å². The Morgan fingerprint density at radius 3 is 0.702 bits per heavy atom. The smallest absolute Gasteiger partial charge is 0.462 e. The van der Waals surface area contributed by atoms with Crippen LogP contribution in [0.5, 0.6) is 0 Å². The molecular formula is C65H126O17P2. The zero-order valence-electron chi connectivity index (χ0n) is 53.9. The number of unbranched alkanes of at least 4 members (excludes halogenated alkanes) is 40.